The number of rotatable bonds is 0. The van der Waals surface area contributed by atoms with Gasteiger partial charge in [-0.15, -0.1) is 12.4 Å². The number of phenols is 2. The van der Waals surface area contributed by atoms with Crippen molar-refractivity contribution >= 4 is 29.7 Å². The highest BCUT2D eigenvalue weighted by Crippen LogP contribution is 2.32. The SMILES string of the molecule is Cl.Nc1cc(Cl)c(O)cc1O. The third-order valence-corrected chi connectivity index (χ3v) is 1.40. The zero-order valence-electron chi connectivity index (χ0n) is 5.41. The molecule has 0 aromatic heterocycles. The van der Waals surface area contributed by atoms with Crippen molar-refractivity contribution in [2.24, 2.45) is 0 Å². The summed E-state index contributed by atoms with van der Waals surface area (Å²) in [4.78, 5) is 0. The van der Waals surface area contributed by atoms with Crippen LogP contribution >= 0.6 is 24.0 Å². The van der Waals surface area contributed by atoms with E-state index >= 15 is 0 Å². The van der Waals surface area contributed by atoms with Gasteiger partial charge in [-0.25, -0.2) is 0 Å². The third-order valence-electron chi connectivity index (χ3n) is 1.10. The lowest BCUT2D eigenvalue weighted by atomic mass is 10.3. The minimum atomic E-state index is -0.173. The fourth-order valence-electron chi connectivity index (χ4n) is 0.566. The molecule has 0 saturated heterocycles. The summed E-state index contributed by atoms with van der Waals surface area (Å²) in [6.07, 6.45) is 0. The van der Waals surface area contributed by atoms with E-state index in [0.717, 1.165) is 6.07 Å². The fourth-order valence-corrected chi connectivity index (χ4v) is 0.738. The molecule has 5 heteroatoms. The van der Waals surface area contributed by atoms with Gasteiger partial charge in [-0.05, 0) is 6.07 Å². The summed E-state index contributed by atoms with van der Waals surface area (Å²) in [6, 6.07) is 2.38. The summed E-state index contributed by atoms with van der Waals surface area (Å²) < 4.78 is 0. The minimum absolute atomic E-state index is 0. The lowest BCUT2D eigenvalue weighted by Crippen LogP contribution is -1.84. The molecule has 0 fully saturated rings. The van der Waals surface area contributed by atoms with Gasteiger partial charge in [-0.2, -0.15) is 0 Å². The Balaban J connectivity index is 0.000001000. The Morgan fingerprint density at radius 1 is 1.18 bits per heavy atom. The predicted octanol–water partition coefficient (Wildman–Crippen LogP) is 1.76. The van der Waals surface area contributed by atoms with Crippen molar-refractivity contribution in [2.45, 2.75) is 0 Å². The van der Waals surface area contributed by atoms with Gasteiger partial charge in [0, 0.05) is 6.07 Å². The van der Waals surface area contributed by atoms with Crippen LogP contribution in [0.2, 0.25) is 5.02 Å². The number of aromatic hydroxyl groups is 2. The number of nitrogens with two attached hydrogens (primary N) is 1. The van der Waals surface area contributed by atoms with Gasteiger partial charge in [0.15, 0.2) is 0 Å². The smallest absolute Gasteiger partial charge is 0.142 e. The van der Waals surface area contributed by atoms with Crippen molar-refractivity contribution in [2.75, 3.05) is 5.73 Å². The first-order chi connectivity index (χ1) is 4.61. The molecule has 0 aliphatic carbocycles. The Kier molecular flexibility index (Phi) is 3.29. The van der Waals surface area contributed by atoms with Crippen LogP contribution in [0.15, 0.2) is 12.1 Å². The van der Waals surface area contributed by atoms with Crippen LogP contribution in [-0.2, 0) is 0 Å². The molecule has 1 aromatic rings. The average molecular weight is 196 g/mol. The van der Waals surface area contributed by atoms with Crippen molar-refractivity contribution < 1.29 is 10.2 Å². The van der Waals surface area contributed by atoms with E-state index in [4.69, 9.17) is 27.5 Å². The van der Waals surface area contributed by atoms with E-state index in [1.807, 2.05) is 0 Å². The van der Waals surface area contributed by atoms with Crippen LogP contribution in [0.3, 0.4) is 0 Å². The molecule has 62 valence electrons. The van der Waals surface area contributed by atoms with Crippen molar-refractivity contribution in [3.8, 4) is 11.5 Å². The number of phenolic OH excluding ortho intramolecular Hbond substituents is 2. The van der Waals surface area contributed by atoms with Gasteiger partial charge in [0.05, 0.1) is 10.7 Å². The van der Waals surface area contributed by atoms with E-state index in [2.05, 4.69) is 0 Å². The van der Waals surface area contributed by atoms with Crippen molar-refractivity contribution in [1.82, 2.24) is 0 Å². The second-order valence-corrected chi connectivity index (χ2v) is 2.27. The van der Waals surface area contributed by atoms with E-state index in [9.17, 15) is 0 Å². The molecule has 1 rings (SSSR count). The highest BCUT2D eigenvalue weighted by atomic mass is 35.5. The Labute approximate surface area is 74.8 Å². The minimum Gasteiger partial charge on any atom is -0.506 e. The van der Waals surface area contributed by atoms with Crippen molar-refractivity contribution in [3.63, 3.8) is 0 Å². The quantitative estimate of drug-likeness (QED) is 0.336. The van der Waals surface area contributed by atoms with Crippen LogP contribution in [0, 0.1) is 0 Å². The number of benzene rings is 1. The maximum atomic E-state index is 8.88. The van der Waals surface area contributed by atoms with Gasteiger partial charge in [0.25, 0.3) is 0 Å². The van der Waals surface area contributed by atoms with Gasteiger partial charge >= 0.3 is 0 Å². The number of hydrogen-bond donors (Lipinski definition) is 3. The first-order valence-electron chi connectivity index (χ1n) is 2.58. The standard InChI is InChI=1S/C6H6ClNO2.ClH/c7-3-1-4(8)6(10)2-5(3)9;/h1-2,9-10H,8H2;1H. The molecule has 4 N–H and O–H groups in total. The molecule has 0 amide bonds. The molecule has 0 radical (unpaired) electrons. The largest absolute Gasteiger partial charge is 0.506 e. The monoisotopic (exact) mass is 195 g/mol. The number of halogens is 2. The molecular weight excluding hydrogens is 189 g/mol. The molecule has 0 spiro atoms. The van der Waals surface area contributed by atoms with Crippen LogP contribution in [0.4, 0.5) is 5.69 Å². The van der Waals surface area contributed by atoms with E-state index in [-0.39, 0.29) is 34.6 Å². The molecule has 0 atom stereocenters. The van der Waals surface area contributed by atoms with Crippen LogP contribution in [-0.4, -0.2) is 10.2 Å². The maximum absolute atomic E-state index is 8.88. The average Bonchev–Trinajstić information content (AvgIpc) is 1.84. The Bertz CT molecular complexity index is 215. The molecule has 11 heavy (non-hydrogen) atoms. The Morgan fingerprint density at radius 2 is 1.73 bits per heavy atom. The second-order valence-electron chi connectivity index (χ2n) is 1.86. The first-order valence-corrected chi connectivity index (χ1v) is 2.96. The van der Waals surface area contributed by atoms with E-state index in [1.165, 1.54) is 6.07 Å². The zero-order valence-corrected chi connectivity index (χ0v) is 6.99. The molecule has 0 unspecified atom stereocenters. The number of hydrogen-bond acceptors (Lipinski definition) is 3. The first kappa shape index (κ1) is 10.2. The predicted molar refractivity (Wildman–Crippen MR) is 46.4 cm³/mol. The summed E-state index contributed by atoms with van der Waals surface area (Å²) in [5, 5.41) is 17.9. The Morgan fingerprint density at radius 3 is 2.18 bits per heavy atom. The van der Waals surface area contributed by atoms with Crippen LogP contribution in [0.5, 0.6) is 11.5 Å². The van der Waals surface area contributed by atoms with Gasteiger partial charge in [-0.1, -0.05) is 11.6 Å². The third kappa shape index (κ3) is 2.06. The van der Waals surface area contributed by atoms with Crippen molar-refractivity contribution in [1.29, 1.82) is 0 Å². The highest BCUT2D eigenvalue weighted by Gasteiger charge is 2.02. The van der Waals surface area contributed by atoms with E-state index < -0.39 is 0 Å². The number of anilines is 1. The zero-order chi connectivity index (χ0) is 7.72. The van der Waals surface area contributed by atoms with Crippen LogP contribution in [0.1, 0.15) is 0 Å². The molecular formula is C6H7Cl2NO2. The van der Waals surface area contributed by atoms with Crippen LogP contribution in [0.25, 0.3) is 0 Å². The highest BCUT2D eigenvalue weighted by molar-refractivity contribution is 6.32. The van der Waals surface area contributed by atoms with Gasteiger partial charge in [0.1, 0.15) is 11.5 Å². The number of nitrogen functional groups attached to an aromatic ring is 1. The summed E-state index contributed by atoms with van der Waals surface area (Å²) >= 11 is 5.44. The maximum Gasteiger partial charge on any atom is 0.142 e. The van der Waals surface area contributed by atoms with E-state index in [0.29, 0.717) is 0 Å². The summed E-state index contributed by atoms with van der Waals surface area (Å²) in [6.45, 7) is 0. The van der Waals surface area contributed by atoms with Crippen LogP contribution < -0.4 is 5.73 Å². The molecule has 0 bridgehead atoms. The Hall–Kier alpha value is -0.800. The van der Waals surface area contributed by atoms with Crippen molar-refractivity contribution in [3.05, 3.63) is 17.2 Å². The molecule has 1 aromatic carbocycles. The van der Waals surface area contributed by atoms with Gasteiger partial charge in [0.2, 0.25) is 0 Å². The molecule has 0 heterocycles. The fraction of sp³-hybridized carbons (Fsp3) is 0. The van der Waals surface area contributed by atoms with Gasteiger partial charge < -0.3 is 15.9 Å². The van der Waals surface area contributed by atoms with Gasteiger partial charge in [-0.3, -0.25) is 0 Å². The topological polar surface area (TPSA) is 66.5 Å². The molecule has 0 aliphatic rings. The lowest BCUT2D eigenvalue weighted by Gasteiger charge is -1.99. The normalized spacial score (nSPS) is 8.82. The molecule has 0 saturated carbocycles. The summed E-state index contributed by atoms with van der Waals surface area (Å²) in [5.41, 5.74) is 5.40. The second kappa shape index (κ2) is 3.55. The van der Waals surface area contributed by atoms with E-state index in [1.54, 1.807) is 0 Å². The molecule has 3 nitrogen and oxygen atoms in total. The summed E-state index contributed by atoms with van der Waals surface area (Å²) in [5.74, 6) is -0.338. The summed E-state index contributed by atoms with van der Waals surface area (Å²) in [7, 11) is 0. The molecule has 0 aliphatic heterocycles. The lowest BCUT2D eigenvalue weighted by molar-refractivity contribution is 0.452.